The molecule has 0 heterocycles. The molecule has 0 aliphatic heterocycles. The highest BCUT2D eigenvalue weighted by molar-refractivity contribution is 5.33. The van der Waals surface area contributed by atoms with Crippen LogP contribution in [-0.2, 0) is 0 Å². The summed E-state index contributed by atoms with van der Waals surface area (Å²) in [5, 5.41) is 8.80. The minimum atomic E-state index is 0.708. The molecule has 0 radical (unpaired) electrons. The van der Waals surface area contributed by atoms with Crippen molar-refractivity contribution in [3.63, 3.8) is 0 Å². The fourth-order valence-electron chi connectivity index (χ4n) is 2.89. The normalized spacial score (nSPS) is 24.0. The van der Waals surface area contributed by atoms with Gasteiger partial charge in [0.2, 0.25) is 0 Å². The molecule has 0 aromatic heterocycles. The molecule has 0 bridgehead atoms. The van der Waals surface area contributed by atoms with Gasteiger partial charge in [-0.25, -0.2) is 0 Å². The SMILES string of the molecule is CC=CC[C@H]1CC[C@H](c2ccc(C#N)cc2)CC1. The van der Waals surface area contributed by atoms with Crippen molar-refractivity contribution in [3.05, 3.63) is 47.5 Å². The zero-order valence-corrected chi connectivity index (χ0v) is 11.1. The molecule has 2 rings (SSSR count). The van der Waals surface area contributed by atoms with Crippen LogP contribution in [0.4, 0.5) is 0 Å². The summed E-state index contributed by atoms with van der Waals surface area (Å²) in [6.45, 7) is 2.10. The number of nitriles is 1. The Morgan fingerprint density at radius 2 is 1.83 bits per heavy atom. The Bertz CT molecular complexity index is 428. The molecule has 0 spiro atoms. The van der Waals surface area contributed by atoms with E-state index in [1.54, 1.807) is 0 Å². The zero-order chi connectivity index (χ0) is 12.8. The van der Waals surface area contributed by atoms with Crippen molar-refractivity contribution >= 4 is 0 Å². The van der Waals surface area contributed by atoms with Gasteiger partial charge in [0, 0.05) is 0 Å². The third-order valence-corrected chi connectivity index (χ3v) is 4.06. The van der Waals surface area contributed by atoms with E-state index >= 15 is 0 Å². The van der Waals surface area contributed by atoms with Gasteiger partial charge in [0.1, 0.15) is 0 Å². The second-order valence-corrected chi connectivity index (χ2v) is 5.26. The van der Waals surface area contributed by atoms with Crippen molar-refractivity contribution in [3.8, 4) is 6.07 Å². The van der Waals surface area contributed by atoms with Crippen LogP contribution in [0, 0.1) is 17.2 Å². The Labute approximate surface area is 110 Å². The van der Waals surface area contributed by atoms with E-state index in [2.05, 4.69) is 37.3 Å². The molecule has 1 nitrogen and oxygen atoms in total. The molecule has 1 aromatic rings. The summed E-state index contributed by atoms with van der Waals surface area (Å²) < 4.78 is 0. The van der Waals surface area contributed by atoms with Gasteiger partial charge in [0.15, 0.2) is 0 Å². The third-order valence-electron chi connectivity index (χ3n) is 4.06. The quantitative estimate of drug-likeness (QED) is 0.695. The topological polar surface area (TPSA) is 23.8 Å². The minimum Gasteiger partial charge on any atom is -0.192 e. The number of hydrogen-bond donors (Lipinski definition) is 0. The molecular weight excluding hydrogens is 218 g/mol. The lowest BCUT2D eigenvalue weighted by Crippen LogP contribution is -2.12. The van der Waals surface area contributed by atoms with Crippen LogP contribution in [0.3, 0.4) is 0 Å². The molecule has 1 aliphatic rings. The summed E-state index contributed by atoms with van der Waals surface area (Å²) in [6, 6.07) is 10.3. The van der Waals surface area contributed by atoms with Gasteiger partial charge in [-0.1, -0.05) is 24.3 Å². The second-order valence-electron chi connectivity index (χ2n) is 5.26. The van der Waals surface area contributed by atoms with Crippen LogP contribution in [0.2, 0.25) is 0 Å². The Kier molecular flexibility index (Phi) is 4.59. The van der Waals surface area contributed by atoms with Crippen molar-refractivity contribution in [1.29, 1.82) is 5.26 Å². The van der Waals surface area contributed by atoms with E-state index in [1.165, 1.54) is 37.7 Å². The van der Waals surface area contributed by atoms with Crippen LogP contribution in [0.25, 0.3) is 0 Å². The Balaban J connectivity index is 1.90. The van der Waals surface area contributed by atoms with Gasteiger partial charge in [-0.15, -0.1) is 0 Å². The van der Waals surface area contributed by atoms with Crippen LogP contribution in [-0.4, -0.2) is 0 Å². The predicted octanol–water partition coefficient (Wildman–Crippen LogP) is 4.80. The van der Waals surface area contributed by atoms with Crippen molar-refractivity contribution in [1.82, 2.24) is 0 Å². The van der Waals surface area contributed by atoms with Gasteiger partial charge in [0.05, 0.1) is 11.6 Å². The Morgan fingerprint density at radius 1 is 1.17 bits per heavy atom. The van der Waals surface area contributed by atoms with Gasteiger partial charge in [-0.05, 0) is 68.6 Å². The molecule has 1 heteroatoms. The summed E-state index contributed by atoms with van der Waals surface area (Å²) in [4.78, 5) is 0. The van der Waals surface area contributed by atoms with E-state index in [4.69, 9.17) is 5.26 Å². The van der Waals surface area contributed by atoms with E-state index < -0.39 is 0 Å². The van der Waals surface area contributed by atoms with Gasteiger partial charge in [-0.2, -0.15) is 5.26 Å². The second kappa shape index (κ2) is 6.40. The van der Waals surface area contributed by atoms with Gasteiger partial charge in [0.25, 0.3) is 0 Å². The van der Waals surface area contributed by atoms with E-state index in [9.17, 15) is 0 Å². The molecule has 1 fully saturated rings. The maximum Gasteiger partial charge on any atom is 0.0991 e. The molecule has 18 heavy (non-hydrogen) atoms. The van der Waals surface area contributed by atoms with Crippen LogP contribution >= 0.6 is 0 Å². The fourth-order valence-corrected chi connectivity index (χ4v) is 2.89. The van der Waals surface area contributed by atoms with Crippen molar-refractivity contribution in [2.75, 3.05) is 0 Å². The van der Waals surface area contributed by atoms with Crippen molar-refractivity contribution < 1.29 is 0 Å². The van der Waals surface area contributed by atoms with E-state index in [0.29, 0.717) is 5.92 Å². The number of nitrogens with zero attached hydrogens (tertiary/aromatic N) is 1. The lowest BCUT2D eigenvalue weighted by Gasteiger charge is -2.28. The number of rotatable bonds is 3. The number of benzene rings is 1. The van der Waals surface area contributed by atoms with Crippen molar-refractivity contribution in [2.24, 2.45) is 5.92 Å². The molecule has 0 unspecified atom stereocenters. The lowest BCUT2D eigenvalue weighted by atomic mass is 9.77. The lowest BCUT2D eigenvalue weighted by molar-refractivity contribution is 0.328. The fraction of sp³-hybridized carbons (Fsp3) is 0.471. The van der Waals surface area contributed by atoms with Gasteiger partial charge in [-0.3, -0.25) is 0 Å². The summed E-state index contributed by atoms with van der Waals surface area (Å²) in [7, 11) is 0. The smallest absolute Gasteiger partial charge is 0.0991 e. The highest BCUT2D eigenvalue weighted by Crippen LogP contribution is 2.37. The average molecular weight is 239 g/mol. The Morgan fingerprint density at radius 3 is 2.39 bits per heavy atom. The standard InChI is InChI=1S/C17H21N/c1-2-3-4-14-5-9-16(10-6-14)17-11-7-15(13-18)8-12-17/h2-3,7-8,11-12,14,16H,4-6,9-10H2,1H3/t14-,16-. The van der Waals surface area contributed by atoms with Gasteiger partial charge < -0.3 is 0 Å². The monoisotopic (exact) mass is 239 g/mol. The molecule has 1 saturated carbocycles. The highest BCUT2D eigenvalue weighted by Gasteiger charge is 2.21. The average Bonchev–Trinajstić information content (AvgIpc) is 2.46. The molecule has 0 N–H and O–H groups in total. The minimum absolute atomic E-state index is 0.708. The molecule has 0 amide bonds. The van der Waals surface area contributed by atoms with Gasteiger partial charge >= 0.3 is 0 Å². The van der Waals surface area contributed by atoms with E-state index in [0.717, 1.165) is 11.5 Å². The summed E-state index contributed by atoms with van der Waals surface area (Å²) in [5.74, 6) is 1.59. The first-order chi connectivity index (χ1) is 8.83. The summed E-state index contributed by atoms with van der Waals surface area (Å²) >= 11 is 0. The highest BCUT2D eigenvalue weighted by atomic mass is 14.3. The number of allylic oxidation sites excluding steroid dienone is 2. The largest absolute Gasteiger partial charge is 0.192 e. The van der Waals surface area contributed by atoms with E-state index in [1.807, 2.05) is 12.1 Å². The number of hydrogen-bond acceptors (Lipinski definition) is 1. The third kappa shape index (κ3) is 3.23. The van der Waals surface area contributed by atoms with Crippen molar-refractivity contribution in [2.45, 2.75) is 44.9 Å². The molecule has 0 atom stereocenters. The van der Waals surface area contributed by atoms with Crippen LogP contribution in [0.15, 0.2) is 36.4 Å². The summed E-state index contributed by atoms with van der Waals surface area (Å²) in [5.41, 5.74) is 2.18. The van der Waals surface area contributed by atoms with Crippen LogP contribution in [0.5, 0.6) is 0 Å². The zero-order valence-electron chi connectivity index (χ0n) is 11.1. The predicted molar refractivity (Wildman–Crippen MR) is 75.3 cm³/mol. The first-order valence-corrected chi connectivity index (χ1v) is 6.94. The maximum absolute atomic E-state index is 8.80. The Hall–Kier alpha value is -1.55. The molecule has 94 valence electrons. The van der Waals surface area contributed by atoms with E-state index in [-0.39, 0.29) is 0 Å². The molecule has 1 aromatic carbocycles. The summed E-state index contributed by atoms with van der Waals surface area (Å²) in [6.07, 6.45) is 11.0. The molecule has 1 aliphatic carbocycles. The molecular formula is C17H21N. The van der Waals surface area contributed by atoms with Crippen LogP contribution in [0.1, 0.15) is 56.1 Å². The van der Waals surface area contributed by atoms with Crippen LogP contribution < -0.4 is 0 Å². The maximum atomic E-state index is 8.80. The first-order valence-electron chi connectivity index (χ1n) is 6.94. The molecule has 0 saturated heterocycles. The first kappa shape index (κ1) is 12.9.